The zero-order valence-electron chi connectivity index (χ0n) is 19.0. The van der Waals surface area contributed by atoms with E-state index in [4.69, 9.17) is 4.74 Å². The molecule has 3 rings (SSSR count). The summed E-state index contributed by atoms with van der Waals surface area (Å²) >= 11 is 0. The molecule has 0 radical (unpaired) electrons. The van der Waals surface area contributed by atoms with Crippen LogP contribution in [0.2, 0.25) is 0 Å². The molecule has 0 aromatic heterocycles. The summed E-state index contributed by atoms with van der Waals surface area (Å²) in [5.41, 5.74) is 3.25. The number of methoxy groups -OCH3 is 1. The van der Waals surface area contributed by atoms with Gasteiger partial charge in [0.25, 0.3) is 11.8 Å². The lowest BCUT2D eigenvalue weighted by molar-refractivity contribution is -0.114. The minimum atomic E-state index is -0.253. The van der Waals surface area contributed by atoms with Crippen LogP contribution >= 0.6 is 0 Å². The van der Waals surface area contributed by atoms with Crippen molar-refractivity contribution < 1.29 is 19.1 Å². The Morgan fingerprint density at radius 3 is 2.24 bits per heavy atom. The minimum absolute atomic E-state index is 0.0222. The first-order valence-electron chi connectivity index (χ1n) is 10.9. The van der Waals surface area contributed by atoms with Crippen LogP contribution in [-0.4, -0.2) is 44.5 Å². The summed E-state index contributed by atoms with van der Waals surface area (Å²) in [6.45, 7) is 1.32. The smallest absolute Gasteiger partial charge is 0.251 e. The van der Waals surface area contributed by atoms with Crippen LogP contribution in [0.4, 0.5) is 11.4 Å². The van der Waals surface area contributed by atoms with Gasteiger partial charge in [-0.1, -0.05) is 36.4 Å². The van der Waals surface area contributed by atoms with Gasteiger partial charge in [-0.2, -0.15) is 0 Å². The lowest BCUT2D eigenvalue weighted by Crippen LogP contribution is -2.27. The first-order chi connectivity index (χ1) is 16.5. The SMILES string of the molecule is COCCNC(=O)c1ccc(NC(=O)CNc2cccc(C(=O)NCc3ccccc3)c2)cc1. The molecule has 3 aromatic carbocycles. The number of anilines is 2. The summed E-state index contributed by atoms with van der Waals surface area (Å²) in [5.74, 6) is -0.649. The standard InChI is InChI=1S/C26H28N4O4/c1-34-15-14-27-25(32)20-10-12-22(13-11-20)30-24(31)18-28-23-9-5-8-21(16-23)26(33)29-17-19-6-3-2-4-7-19/h2-13,16,28H,14-15,17-18H2,1H3,(H,27,32)(H,29,33)(H,30,31). The van der Waals surface area contributed by atoms with Crippen molar-refractivity contribution in [3.63, 3.8) is 0 Å². The van der Waals surface area contributed by atoms with Gasteiger partial charge >= 0.3 is 0 Å². The largest absolute Gasteiger partial charge is 0.383 e. The van der Waals surface area contributed by atoms with Crippen LogP contribution in [0, 0.1) is 0 Å². The maximum Gasteiger partial charge on any atom is 0.251 e. The average molecular weight is 461 g/mol. The molecular formula is C26H28N4O4. The average Bonchev–Trinajstić information content (AvgIpc) is 2.87. The molecule has 3 amide bonds. The summed E-state index contributed by atoms with van der Waals surface area (Å²) in [5, 5.41) is 11.4. The van der Waals surface area contributed by atoms with E-state index in [0.29, 0.717) is 42.2 Å². The third-order valence-corrected chi connectivity index (χ3v) is 4.90. The van der Waals surface area contributed by atoms with Gasteiger partial charge in [-0.05, 0) is 48.0 Å². The highest BCUT2D eigenvalue weighted by atomic mass is 16.5. The Balaban J connectivity index is 1.46. The van der Waals surface area contributed by atoms with E-state index in [1.54, 1.807) is 55.6 Å². The number of amides is 3. The third-order valence-electron chi connectivity index (χ3n) is 4.90. The van der Waals surface area contributed by atoms with E-state index in [1.807, 2.05) is 30.3 Å². The first kappa shape index (κ1) is 24.5. The summed E-state index contributed by atoms with van der Waals surface area (Å²) in [6, 6.07) is 23.3. The molecule has 0 spiro atoms. The molecule has 8 nitrogen and oxygen atoms in total. The van der Waals surface area contributed by atoms with Crippen LogP contribution in [0.1, 0.15) is 26.3 Å². The Bertz CT molecular complexity index is 1100. The molecule has 0 aliphatic carbocycles. The normalized spacial score (nSPS) is 10.3. The number of hydrogen-bond donors (Lipinski definition) is 4. The molecule has 0 fully saturated rings. The Hall–Kier alpha value is -4.17. The van der Waals surface area contributed by atoms with Crippen LogP contribution in [-0.2, 0) is 16.1 Å². The molecule has 0 saturated heterocycles. The van der Waals surface area contributed by atoms with Gasteiger partial charge in [-0.15, -0.1) is 0 Å². The number of nitrogens with one attached hydrogen (secondary N) is 4. The van der Waals surface area contributed by atoms with Gasteiger partial charge in [0.05, 0.1) is 13.2 Å². The van der Waals surface area contributed by atoms with Crippen molar-refractivity contribution in [2.45, 2.75) is 6.54 Å². The van der Waals surface area contributed by atoms with Gasteiger partial charge in [-0.25, -0.2) is 0 Å². The van der Waals surface area contributed by atoms with E-state index in [9.17, 15) is 14.4 Å². The van der Waals surface area contributed by atoms with Crippen molar-refractivity contribution in [1.29, 1.82) is 0 Å². The minimum Gasteiger partial charge on any atom is -0.383 e. The van der Waals surface area contributed by atoms with E-state index >= 15 is 0 Å². The van der Waals surface area contributed by atoms with Crippen LogP contribution in [0.15, 0.2) is 78.9 Å². The zero-order chi connectivity index (χ0) is 24.2. The highest BCUT2D eigenvalue weighted by Gasteiger charge is 2.09. The number of benzene rings is 3. The lowest BCUT2D eigenvalue weighted by Gasteiger charge is -2.10. The fourth-order valence-corrected chi connectivity index (χ4v) is 3.11. The predicted molar refractivity (Wildman–Crippen MR) is 132 cm³/mol. The molecule has 0 saturated carbocycles. The van der Waals surface area contributed by atoms with Gasteiger partial charge in [0.15, 0.2) is 0 Å². The predicted octanol–water partition coefficient (Wildman–Crippen LogP) is 3.04. The van der Waals surface area contributed by atoms with E-state index in [2.05, 4.69) is 21.3 Å². The molecule has 176 valence electrons. The fraction of sp³-hybridized carbons (Fsp3) is 0.192. The Labute approximate surface area is 198 Å². The Morgan fingerprint density at radius 1 is 0.765 bits per heavy atom. The van der Waals surface area contributed by atoms with Crippen LogP contribution in [0.5, 0.6) is 0 Å². The van der Waals surface area contributed by atoms with Gasteiger partial charge in [-0.3, -0.25) is 14.4 Å². The van der Waals surface area contributed by atoms with E-state index in [-0.39, 0.29) is 24.3 Å². The molecule has 0 aliphatic rings. The second kappa shape index (κ2) is 12.8. The number of hydrogen-bond acceptors (Lipinski definition) is 5. The van der Waals surface area contributed by atoms with Crippen molar-refractivity contribution in [2.24, 2.45) is 0 Å². The first-order valence-corrected chi connectivity index (χ1v) is 10.9. The quantitative estimate of drug-likeness (QED) is 0.329. The molecule has 0 unspecified atom stereocenters. The van der Waals surface area contributed by atoms with Gasteiger partial charge in [0.1, 0.15) is 0 Å². The maximum absolute atomic E-state index is 12.4. The third kappa shape index (κ3) is 7.75. The summed E-state index contributed by atoms with van der Waals surface area (Å²) in [6.07, 6.45) is 0. The second-order valence-electron chi connectivity index (χ2n) is 7.48. The van der Waals surface area contributed by atoms with E-state index in [1.165, 1.54) is 0 Å². The summed E-state index contributed by atoms with van der Waals surface area (Å²) in [4.78, 5) is 36.8. The number of ether oxygens (including phenoxy) is 1. The number of rotatable bonds is 11. The zero-order valence-corrected chi connectivity index (χ0v) is 19.0. The van der Waals surface area contributed by atoms with Crippen LogP contribution in [0.25, 0.3) is 0 Å². The molecular weight excluding hydrogens is 432 g/mol. The van der Waals surface area contributed by atoms with Gasteiger partial charge in [0, 0.05) is 42.7 Å². The molecule has 4 N–H and O–H groups in total. The molecule has 8 heteroatoms. The van der Waals surface area contributed by atoms with E-state index in [0.717, 1.165) is 5.56 Å². The monoisotopic (exact) mass is 460 g/mol. The highest BCUT2D eigenvalue weighted by Crippen LogP contribution is 2.12. The lowest BCUT2D eigenvalue weighted by atomic mass is 10.1. The molecule has 0 aliphatic heterocycles. The van der Waals surface area contributed by atoms with Crippen molar-refractivity contribution in [3.05, 3.63) is 95.6 Å². The maximum atomic E-state index is 12.4. The Morgan fingerprint density at radius 2 is 1.50 bits per heavy atom. The van der Waals surface area contributed by atoms with Crippen molar-refractivity contribution in [1.82, 2.24) is 10.6 Å². The van der Waals surface area contributed by atoms with Crippen molar-refractivity contribution in [3.8, 4) is 0 Å². The fourth-order valence-electron chi connectivity index (χ4n) is 3.11. The van der Waals surface area contributed by atoms with Crippen molar-refractivity contribution >= 4 is 29.1 Å². The molecule has 34 heavy (non-hydrogen) atoms. The molecule has 0 atom stereocenters. The second-order valence-corrected chi connectivity index (χ2v) is 7.48. The van der Waals surface area contributed by atoms with Gasteiger partial charge in [0.2, 0.25) is 5.91 Å². The van der Waals surface area contributed by atoms with Gasteiger partial charge < -0.3 is 26.0 Å². The topological polar surface area (TPSA) is 109 Å². The number of carbonyl (C=O) groups excluding carboxylic acids is 3. The van der Waals surface area contributed by atoms with Crippen LogP contribution in [0.3, 0.4) is 0 Å². The van der Waals surface area contributed by atoms with Crippen molar-refractivity contribution in [2.75, 3.05) is 37.4 Å². The van der Waals surface area contributed by atoms with E-state index < -0.39 is 0 Å². The summed E-state index contributed by atoms with van der Waals surface area (Å²) in [7, 11) is 1.57. The van der Waals surface area contributed by atoms with Crippen LogP contribution < -0.4 is 21.3 Å². The highest BCUT2D eigenvalue weighted by molar-refractivity contribution is 5.97. The molecule has 3 aromatic rings. The number of carbonyl (C=O) groups is 3. The summed E-state index contributed by atoms with van der Waals surface area (Å²) < 4.78 is 4.90. The Kier molecular flexibility index (Phi) is 9.19. The molecule has 0 bridgehead atoms. The molecule has 0 heterocycles.